The summed E-state index contributed by atoms with van der Waals surface area (Å²) in [5, 5.41) is 0.117. The Bertz CT molecular complexity index is 493. The molecule has 0 bridgehead atoms. The van der Waals surface area contributed by atoms with E-state index in [9.17, 15) is 9.59 Å². The Labute approximate surface area is 124 Å². The van der Waals surface area contributed by atoms with Gasteiger partial charge in [-0.3, -0.25) is 9.36 Å². The van der Waals surface area contributed by atoms with Gasteiger partial charge < -0.3 is 14.5 Å². The molecule has 0 unspecified atom stereocenters. The van der Waals surface area contributed by atoms with Gasteiger partial charge in [-0.15, -0.1) is 0 Å². The lowest BCUT2D eigenvalue weighted by molar-refractivity contribution is -0.126. The Morgan fingerprint density at radius 1 is 1.40 bits per heavy atom. The molecule has 0 aromatic heterocycles. The topological polar surface area (TPSA) is 104 Å². The van der Waals surface area contributed by atoms with Crippen LogP contribution in [-0.2, 0) is 14.1 Å². The van der Waals surface area contributed by atoms with Gasteiger partial charge in [0.25, 0.3) is 0 Å². The smallest absolute Gasteiger partial charge is 0.417 e. The summed E-state index contributed by atoms with van der Waals surface area (Å²) in [5.41, 5.74) is 0.905. The van der Waals surface area contributed by atoms with Gasteiger partial charge in [0.2, 0.25) is 5.91 Å². The van der Waals surface area contributed by atoms with E-state index in [2.05, 4.69) is 15.9 Å². The fourth-order valence-corrected chi connectivity index (χ4v) is 1.95. The highest BCUT2D eigenvalue weighted by atomic mass is 79.9. The van der Waals surface area contributed by atoms with Crippen molar-refractivity contribution >= 4 is 36.2 Å². The van der Waals surface area contributed by atoms with Crippen molar-refractivity contribution in [1.82, 2.24) is 4.90 Å². The molecular formula is C11H13BrNO6P. The molecule has 1 aliphatic heterocycles. The summed E-state index contributed by atoms with van der Waals surface area (Å²) in [7, 11) is -3.13. The molecule has 1 saturated heterocycles. The van der Waals surface area contributed by atoms with Gasteiger partial charge in [-0.1, -0.05) is 46.3 Å². The summed E-state index contributed by atoms with van der Waals surface area (Å²) in [6, 6.07) is 9.07. The van der Waals surface area contributed by atoms with Gasteiger partial charge in [-0.25, -0.2) is 9.69 Å². The first-order valence-electron chi connectivity index (χ1n) is 5.49. The van der Waals surface area contributed by atoms with Crippen LogP contribution < -0.4 is 0 Å². The molecule has 2 amide bonds. The molecule has 0 spiro atoms. The van der Waals surface area contributed by atoms with E-state index in [0.29, 0.717) is 0 Å². The number of benzene rings is 1. The second-order valence-corrected chi connectivity index (χ2v) is 4.81. The highest BCUT2D eigenvalue weighted by molar-refractivity contribution is 9.09. The average molecular weight is 366 g/mol. The van der Waals surface area contributed by atoms with E-state index in [4.69, 9.17) is 19.1 Å². The molecule has 7 nitrogen and oxygen atoms in total. The van der Waals surface area contributed by atoms with E-state index in [1.807, 2.05) is 30.3 Å². The normalized spacial score (nSPS) is 17.5. The zero-order valence-electron chi connectivity index (χ0n) is 10.2. The Balaban J connectivity index is 0.000000444. The van der Waals surface area contributed by atoms with Crippen LogP contribution in [0.3, 0.4) is 0 Å². The number of amides is 2. The van der Waals surface area contributed by atoms with Crippen molar-refractivity contribution in [2.75, 3.05) is 11.9 Å². The lowest BCUT2D eigenvalue weighted by Gasteiger charge is -2.18. The molecule has 2 N–H and O–H groups in total. The van der Waals surface area contributed by atoms with Gasteiger partial charge >= 0.3 is 14.3 Å². The first-order valence-corrected chi connectivity index (χ1v) is 7.91. The number of rotatable bonds is 2. The predicted molar refractivity (Wildman–Crippen MR) is 74.6 cm³/mol. The third kappa shape index (κ3) is 4.72. The van der Waals surface area contributed by atoms with Crippen LogP contribution in [0.5, 0.6) is 0 Å². The Morgan fingerprint density at radius 2 is 1.95 bits per heavy atom. The van der Waals surface area contributed by atoms with Crippen molar-refractivity contribution in [2.45, 2.75) is 6.04 Å². The van der Waals surface area contributed by atoms with E-state index < -0.39 is 14.3 Å². The summed E-state index contributed by atoms with van der Waals surface area (Å²) < 4.78 is 13.6. The molecule has 1 aliphatic rings. The largest absolute Gasteiger partial charge is 0.446 e. The first kappa shape index (κ1) is 16.8. The van der Waals surface area contributed by atoms with Crippen LogP contribution in [0.4, 0.5) is 4.79 Å². The Hall–Kier alpha value is -1.21. The van der Waals surface area contributed by atoms with Crippen LogP contribution in [0.25, 0.3) is 0 Å². The molecule has 2 rings (SSSR count). The zero-order valence-corrected chi connectivity index (χ0v) is 12.8. The summed E-state index contributed by atoms with van der Waals surface area (Å²) in [6.07, 6.45) is -0.571. The average Bonchev–Trinajstić information content (AvgIpc) is 2.80. The van der Waals surface area contributed by atoms with Crippen LogP contribution in [0.2, 0.25) is 0 Å². The minimum atomic E-state index is -3.13. The van der Waals surface area contributed by atoms with Crippen molar-refractivity contribution in [3.63, 3.8) is 0 Å². The molecule has 1 aromatic rings. The van der Waals surface area contributed by atoms with E-state index in [1.165, 1.54) is 0 Å². The molecule has 20 heavy (non-hydrogen) atoms. The highest BCUT2D eigenvalue weighted by Crippen LogP contribution is 2.27. The van der Waals surface area contributed by atoms with E-state index in [-0.39, 0.29) is 23.9 Å². The number of hydrogen-bond donors (Lipinski definition) is 2. The quantitative estimate of drug-likeness (QED) is 0.607. The number of imide groups is 1. The second kappa shape index (κ2) is 8.16. The van der Waals surface area contributed by atoms with Crippen molar-refractivity contribution in [2.24, 2.45) is 0 Å². The van der Waals surface area contributed by atoms with E-state index in [0.717, 1.165) is 10.5 Å². The monoisotopic (exact) mass is 365 g/mol. The third-order valence-corrected chi connectivity index (χ3v) is 2.92. The number of nitrogens with zero attached hydrogens (tertiary/aromatic N) is 1. The number of ether oxygens (including phenoxy) is 1. The molecule has 1 aromatic carbocycles. The third-order valence-electron chi connectivity index (χ3n) is 2.44. The maximum absolute atomic E-state index is 11.6. The summed E-state index contributed by atoms with van der Waals surface area (Å²) >= 11 is 3.05. The summed E-state index contributed by atoms with van der Waals surface area (Å²) in [4.78, 5) is 38.5. The first-order chi connectivity index (χ1) is 9.47. The fraction of sp³-hybridized carbons (Fsp3) is 0.273. The molecule has 0 radical (unpaired) electrons. The fourth-order valence-electron chi connectivity index (χ4n) is 1.68. The van der Waals surface area contributed by atoms with Crippen LogP contribution in [0, 0.1) is 0 Å². The van der Waals surface area contributed by atoms with Gasteiger partial charge in [0, 0.05) is 0 Å². The standard InChI is InChI=1S/C11H10BrNO3.H3O3P/c12-6-10(14)13-9(7-16-11(13)15)8-4-2-1-3-5-8;1-4(2)3/h1-5,9H,6-7H2;4H,(H2,1,2,3)/t9-;/m1./s1. The highest BCUT2D eigenvalue weighted by Gasteiger charge is 2.38. The SMILES string of the molecule is O=C(CBr)N1C(=O)OC[C@@H]1c1ccccc1.O=[PH](O)O. The molecular weight excluding hydrogens is 353 g/mol. The van der Waals surface area contributed by atoms with Crippen molar-refractivity contribution in [1.29, 1.82) is 0 Å². The zero-order chi connectivity index (χ0) is 15.1. The van der Waals surface area contributed by atoms with Crippen LogP contribution in [0.15, 0.2) is 30.3 Å². The predicted octanol–water partition coefficient (Wildman–Crippen LogP) is 1.46. The van der Waals surface area contributed by atoms with Crippen LogP contribution >= 0.6 is 24.2 Å². The molecule has 1 heterocycles. The maximum Gasteiger partial charge on any atom is 0.417 e. The van der Waals surface area contributed by atoms with Crippen LogP contribution in [-0.4, -0.2) is 38.6 Å². The second-order valence-electron chi connectivity index (χ2n) is 3.68. The van der Waals surface area contributed by atoms with Gasteiger partial charge in [-0.05, 0) is 5.56 Å². The van der Waals surface area contributed by atoms with Gasteiger partial charge in [0.05, 0.1) is 5.33 Å². The molecule has 9 heteroatoms. The van der Waals surface area contributed by atoms with Gasteiger partial charge in [0.15, 0.2) is 0 Å². The number of carbonyl (C=O) groups is 2. The molecule has 1 fully saturated rings. The summed E-state index contributed by atoms with van der Waals surface area (Å²) in [5.74, 6) is -0.281. The number of alkyl halides is 1. The number of carbonyl (C=O) groups excluding carboxylic acids is 2. The lowest BCUT2D eigenvalue weighted by atomic mass is 10.1. The minimum Gasteiger partial charge on any atom is -0.446 e. The molecule has 1 atom stereocenters. The number of halogens is 1. The van der Waals surface area contributed by atoms with Gasteiger partial charge in [0.1, 0.15) is 12.6 Å². The van der Waals surface area contributed by atoms with E-state index >= 15 is 0 Å². The molecule has 0 saturated carbocycles. The Morgan fingerprint density at radius 3 is 2.45 bits per heavy atom. The number of cyclic esters (lactones) is 1. The number of hydrogen-bond acceptors (Lipinski definition) is 4. The van der Waals surface area contributed by atoms with Crippen molar-refractivity contribution in [3.05, 3.63) is 35.9 Å². The van der Waals surface area contributed by atoms with E-state index in [1.54, 1.807) is 0 Å². The van der Waals surface area contributed by atoms with Crippen molar-refractivity contribution < 1.29 is 28.7 Å². The van der Waals surface area contributed by atoms with Gasteiger partial charge in [-0.2, -0.15) is 0 Å². The maximum atomic E-state index is 11.6. The minimum absolute atomic E-state index is 0.117. The molecule has 0 aliphatic carbocycles. The molecule has 110 valence electrons. The Kier molecular flexibility index (Phi) is 6.87. The summed E-state index contributed by atoms with van der Waals surface area (Å²) in [6.45, 7) is 0.224. The van der Waals surface area contributed by atoms with Crippen LogP contribution in [0.1, 0.15) is 11.6 Å². The lowest BCUT2D eigenvalue weighted by Crippen LogP contribution is -2.34. The van der Waals surface area contributed by atoms with Crippen molar-refractivity contribution in [3.8, 4) is 0 Å².